The SMILES string of the molecule is CC[C@]1(C(=O)O)C[C@@H](C(=O)NC2CCCCC2)[C@@H](c2ccc(OC)cc2)N1C. The van der Waals surface area contributed by atoms with Crippen LogP contribution in [0.25, 0.3) is 0 Å². The van der Waals surface area contributed by atoms with Crippen LogP contribution in [0.3, 0.4) is 0 Å². The number of hydrogen-bond acceptors (Lipinski definition) is 4. The van der Waals surface area contributed by atoms with Crippen molar-refractivity contribution in [1.29, 1.82) is 0 Å². The maximum absolute atomic E-state index is 13.2. The van der Waals surface area contributed by atoms with Crippen molar-refractivity contribution in [1.82, 2.24) is 10.2 Å². The highest BCUT2D eigenvalue weighted by Gasteiger charge is 2.56. The highest BCUT2D eigenvalue weighted by Crippen LogP contribution is 2.48. The molecule has 0 bridgehead atoms. The number of nitrogens with zero attached hydrogens (tertiary/aromatic N) is 1. The molecule has 2 aliphatic rings. The number of carboxylic acid groups (broad SMARTS) is 1. The second-order valence-corrected chi connectivity index (χ2v) is 8.17. The van der Waals surface area contributed by atoms with Crippen LogP contribution in [-0.4, -0.2) is 47.6 Å². The Kier molecular flexibility index (Phi) is 6.28. The molecule has 3 atom stereocenters. The van der Waals surface area contributed by atoms with Crippen LogP contribution >= 0.6 is 0 Å². The predicted molar refractivity (Wildman–Crippen MR) is 107 cm³/mol. The molecule has 1 amide bonds. The molecule has 6 nitrogen and oxygen atoms in total. The van der Waals surface area contributed by atoms with Crippen LogP contribution in [0.4, 0.5) is 0 Å². The molecule has 1 aromatic rings. The van der Waals surface area contributed by atoms with E-state index in [0.717, 1.165) is 37.0 Å². The van der Waals surface area contributed by atoms with E-state index in [1.165, 1.54) is 6.42 Å². The summed E-state index contributed by atoms with van der Waals surface area (Å²) >= 11 is 0. The number of rotatable bonds is 6. The van der Waals surface area contributed by atoms with E-state index in [4.69, 9.17) is 4.74 Å². The summed E-state index contributed by atoms with van der Waals surface area (Å²) in [6.07, 6.45) is 6.32. The zero-order valence-corrected chi connectivity index (χ0v) is 17.1. The molecule has 1 aliphatic carbocycles. The molecule has 6 heteroatoms. The third-order valence-electron chi connectivity index (χ3n) is 6.76. The number of likely N-dealkylation sites (tertiary alicyclic amines) is 1. The van der Waals surface area contributed by atoms with Gasteiger partial charge in [-0.25, -0.2) is 0 Å². The summed E-state index contributed by atoms with van der Waals surface area (Å²) in [5.41, 5.74) is -0.0808. The smallest absolute Gasteiger partial charge is 0.324 e. The van der Waals surface area contributed by atoms with Gasteiger partial charge < -0.3 is 15.2 Å². The van der Waals surface area contributed by atoms with Gasteiger partial charge >= 0.3 is 5.97 Å². The Morgan fingerprint density at radius 3 is 2.39 bits per heavy atom. The van der Waals surface area contributed by atoms with Crippen LogP contribution in [-0.2, 0) is 9.59 Å². The van der Waals surface area contributed by atoms with Gasteiger partial charge in [-0.15, -0.1) is 0 Å². The average Bonchev–Trinajstić information content (AvgIpc) is 3.02. The number of ether oxygens (including phenoxy) is 1. The molecular weight excluding hydrogens is 356 g/mol. The Morgan fingerprint density at radius 1 is 1.21 bits per heavy atom. The van der Waals surface area contributed by atoms with Crippen molar-refractivity contribution in [3.8, 4) is 5.75 Å². The van der Waals surface area contributed by atoms with Gasteiger partial charge in [-0.3, -0.25) is 14.5 Å². The first-order valence-electron chi connectivity index (χ1n) is 10.3. The second-order valence-electron chi connectivity index (χ2n) is 8.17. The first-order chi connectivity index (χ1) is 13.4. The first-order valence-corrected chi connectivity index (χ1v) is 10.3. The highest BCUT2D eigenvalue weighted by molar-refractivity contribution is 5.85. The van der Waals surface area contributed by atoms with Gasteiger partial charge in [-0.2, -0.15) is 0 Å². The standard InChI is InChI=1S/C22H32N2O4/c1-4-22(21(26)27)14-18(20(25)23-16-8-6-5-7-9-16)19(24(22)2)15-10-12-17(28-3)13-11-15/h10-13,16,18-19H,4-9,14H2,1-3H3,(H,23,25)(H,26,27)/t18-,19-,22-/m1/s1. The monoisotopic (exact) mass is 388 g/mol. The summed E-state index contributed by atoms with van der Waals surface area (Å²) in [4.78, 5) is 27.3. The van der Waals surface area contributed by atoms with Gasteiger partial charge in [0.15, 0.2) is 0 Å². The molecule has 0 aromatic heterocycles. The fourth-order valence-corrected chi connectivity index (χ4v) is 4.99. The van der Waals surface area contributed by atoms with E-state index < -0.39 is 17.4 Å². The number of carbonyl (C=O) groups excluding carboxylic acids is 1. The molecule has 2 N–H and O–H groups in total. The number of carboxylic acids is 1. The zero-order chi connectivity index (χ0) is 20.3. The van der Waals surface area contributed by atoms with E-state index >= 15 is 0 Å². The molecule has 3 rings (SSSR count). The third-order valence-corrected chi connectivity index (χ3v) is 6.76. The van der Waals surface area contributed by atoms with Gasteiger partial charge in [0.25, 0.3) is 0 Å². The largest absolute Gasteiger partial charge is 0.497 e. The van der Waals surface area contributed by atoms with Crippen molar-refractivity contribution in [2.45, 2.75) is 69.5 Å². The Bertz CT molecular complexity index is 699. The molecule has 28 heavy (non-hydrogen) atoms. The van der Waals surface area contributed by atoms with Crippen molar-refractivity contribution in [2.24, 2.45) is 5.92 Å². The minimum atomic E-state index is -1.03. The summed E-state index contributed by atoms with van der Waals surface area (Å²) in [5.74, 6) is -0.524. The maximum atomic E-state index is 13.2. The molecule has 0 radical (unpaired) electrons. The highest BCUT2D eigenvalue weighted by atomic mass is 16.5. The van der Waals surface area contributed by atoms with E-state index in [2.05, 4.69) is 5.32 Å². The number of benzene rings is 1. The van der Waals surface area contributed by atoms with Crippen LogP contribution in [0.2, 0.25) is 0 Å². The second kappa shape index (κ2) is 8.52. The van der Waals surface area contributed by atoms with Gasteiger partial charge in [0, 0.05) is 12.1 Å². The fourth-order valence-electron chi connectivity index (χ4n) is 4.99. The van der Waals surface area contributed by atoms with Crippen molar-refractivity contribution in [3.63, 3.8) is 0 Å². The fraction of sp³-hybridized carbons (Fsp3) is 0.636. The van der Waals surface area contributed by atoms with Crippen molar-refractivity contribution < 1.29 is 19.4 Å². The van der Waals surface area contributed by atoms with Crippen LogP contribution in [0.15, 0.2) is 24.3 Å². The van der Waals surface area contributed by atoms with E-state index in [1.807, 2.05) is 43.1 Å². The molecule has 154 valence electrons. The molecule has 1 saturated heterocycles. The van der Waals surface area contributed by atoms with E-state index in [0.29, 0.717) is 12.8 Å². The Hall–Kier alpha value is -2.08. The van der Waals surface area contributed by atoms with Gasteiger partial charge in [-0.05, 0) is 50.4 Å². The van der Waals surface area contributed by atoms with Crippen LogP contribution < -0.4 is 10.1 Å². The summed E-state index contributed by atoms with van der Waals surface area (Å²) in [6.45, 7) is 1.89. The summed E-state index contributed by atoms with van der Waals surface area (Å²) in [7, 11) is 3.45. The number of aliphatic carboxylic acids is 1. The lowest BCUT2D eigenvalue weighted by atomic mass is 9.86. The quantitative estimate of drug-likeness (QED) is 0.781. The lowest BCUT2D eigenvalue weighted by Gasteiger charge is -2.34. The van der Waals surface area contributed by atoms with E-state index in [-0.39, 0.29) is 18.0 Å². The lowest BCUT2D eigenvalue weighted by Crippen LogP contribution is -2.48. The minimum absolute atomic E-state index is 0.0175. The van der Waals surface area contributed by atoms with Gasteiger partial charge in [0.2, 0.25) is 5.91 Å². The normalized spacial score (nSPS) is 28.8. The molecule has 0 spiro atoms. The Morgan fingerprint density at radius 2 is 1.86 bits per heavy atom. The number of amides is 1. The average molecular weight is 389 g/mol. The molecule has 1 aliphatic heterocycles. The van der Waals surface area contributed by atoms with Crippen LogP contribution in [0, 0.1) is 5.92 Å². The van der Waals surface area contributed by atoms with E-state index in [1.54, 1.807) is 7.11 Å². The van der Waals surface area contributed by atoms with Gasteiger partial charge in [0.1, 0.15) is 11.3 Å². The van der Waals surface area contributed by atoms with E-state index in [9.17, 15) is 14.7 Å². The molecule has 1 saturated carbocycles. The Balaban J connectivity index is 1.90. The van der Waals surface area contributed by atoms with Gasteiger partial charge in [-0.1, -0.05) is 38.3 Å². The first kappa shape index (κ1) is 20.6. The molecule has 1 aromatic carbocycles. The number of likely N-dealkylation sites (N-methyl/N-ethyl adjacent to an activating group) is 1. The molecular formula is C22H32N2O4. The number of hydrogen-bond donors (Lipinski definition) is 2. The molecule has 1 heterocycles. The lowest BCUT2D eigenvalue weighted by molar-refractivity contribution is -0.150. The van der Waals surface area contributed by atoms with Crippen LogP contribution in [0.5, 0.6) is 5.75 Å². The van der Waals surface area contributed by atoms with Crippen molar-refractivity contribution in [2.75, 3.05) is 14.2 Å². The number of nitrogens with one attached hydrogen (secondary N) is 1. The zero-order valence-electron chi connectivity index (χ0n) is 17.1. The molecule has 2 fully saturated rings. The number of carbonyl (C=O) groups is 2. The van der Waals surface area contributed by atoms with Crippen molar-refractivity contribution in [3.05, 3.63) is 29.8 Å². The van der Waals surface area contributed by atoms with Crippen LogP contribution in [0.1, 0.15) is 63.5 Å². The predicted octanol–water partition coefficient (Wildman–Crippen LogP) is 3.37. The summed E-state index contributed by atoms with van der Waals surface area (Å²) in [6, 6.07) is 7.55. The molecule has 0 unspecified atom stereocenters. The number of methoxy groups -OCH3 is 1. The summed E-state index contributed by atoms with van der Waals surface area (Å²) < 4.78 is 5.25. The van der Waals surface area contributed by atoms with Crippen molar-refractivity contribution >= 4 is 11.9 Å². The van der Waals surface area contributed by atoms with Gasteiger partial charge in [0.05, 0.1) is 13.0 Å². The topological polar surface area (TPSA) is 78.9 Å². The summed E-state index contributed by atoms with van der Waals surface area (Å²) in [5, 5.41) is 13.2. The maximum Gasteiger partial charge on any atom is 0.324 e. The third kappa shape index (κ3) is 3.75. The Labute approximate surface area is 167 Å². The minimum Gasteiger partial charge on any atom is -0.497 e.